The Morgan fingerprint density at radius 1 is 1.25 bits per heavy atom. The topological polar surface area (TPSA) is 47.6 Å². The van der Waals surface area contributed by atoms with Crippen molar-refractivity contribution in [2.75, 3.05) is 13.7 Å². The van der Waals surface area contributed by atoms with Gasteiger partial charge in [0, 0.05) is 24.5 Å². The number of fused-ring (bicyclic) bond motifs is 1. The van der Waals surface area contributed by atoms with Gasteiger partial charge in [0.05, 0.1) is 13.7 Å². The van der Waals surface area contributed by atoms with Gasteiger partial charge in [-0.15, -0.1) is 0 Å². The summed E-state index contributed by atoms with van der Waals surface area (Å²) in [6, 6.07) is 11.6. The van der Waals surface area contributed by atoms with Crippen molar-refractivity contribution in [2.45, 2.75) is 20.4 Å². The van der Waals surface area contributed by atoms with Crippen LogP contribution in [-0.4, -0.2) is 29.0 Å². The van der Waals surface area contributed by atoms with Gasteiger partial charge in [-0.25, -0.2) is 0 Å². The Bertz CT molecular complexity index is 876. The molecule has 2 heterocycles. The van der Waals surface area contributed by atoms with Crippen molar-refractivity contribution in [3.63, 3.8) is 0 Å². The largest absolute Gasteiger partial charge is 0.497 e. The molecule has 0 saturated heterocycles. The fraction of sp³-hybridized carbons (Fsp3) is 0.316. The predicted molar refractivity (Wildman–Crippen MR) is 93.3 cm³/mol. The minimum Gasteiger partial charge on any atom is -0.497 e. The number of hydrogen-bond acceptors (Lipinski definition) is 3. The van der Waals surface area contributed by atoms with E-state index in [4.69, 9.17) is 9.15 Å². The van der Waals surface area contributed by atoms with Crippen LogP contribution < -0.4 is 4.74 Å². The molecule has 0 spiro atoms. The second kappa shape index (κ2) is 6.43. The van der Waals surface area contributed by atoms with Crippen molar-refractivity contribution >= 4 is 16.8 Å². The third-order valence-electron chi connectivity index (χ3n) is 4.28. The molecule has 0 bridgehead atoms. The zero-order valence-electron chi connectivity index (χ0n) is 14.5. The van der Waals surface area contributed by atoms with Crippen molar-refractivity contribution in [1.82, 2.24) is 9.47 Å². The second-order valence-corrected chi connectivity index (χ2v) is 5.85. The fourth-order valence-corrected chi connectivity index (χ4v) is 2.91. The second-order valence-electron chi connectivity index (χ2n) is 5.85. The lowest BCUT2D eigenvalue weighted by atomic mass is 10.2. The lowest BCUT2D eigenvalue weighted by Crippen LogP contribution is -2.31. The third-order valence-corrected chi connectivity index (χ3v) is 4.28. The molecular formula is C19H22N2O3. The van der Waals surface area contributed by atoms with Crippen LogP contribution in [0.1, 0.15) is 28.9 Å². The van der Waals surface area contributed by atoms with E-state index in [1.165, 1.54) is 0 Å². The first-order valence-electron chi connectivity index (χ1n) is 8.01. The molecule has 3 rings (SSSR count). The highest BCUT2D eigenvalue weighted by atomic mass is 16.5. The van der Waals surface area contributed by atoms with Gasteiger partial charge in [0.25, 0.3) is 5.91 Å². The molecule has 0 fully saturated rings. The normalized spacial score (nSPS) is 11.0. The number of carbonyl (C=O) groups excluding carboxylic acids is 1. The SMILES string of the molecule is CCN(Cc1ccc(C)o1)C(=O)c1cc2cc(OC)ccc2n1C. The number of aryl methyl sites for hydroxylation is 2. The standard InChI is InChI=1S/C19H22N2O3/c1-5-21(12-16-7-6-13(2)24-16)19(22)18-11-14-10-15(23-4)8-9-17(14)20(18)3/h6-11H,5,12H2,1-4H3. The van der Waals surface area contributed by atoms with Crippen LogP contribution in [-0.2, 0) is 13.6 Å². The summed E-state index contributed by atoms with van der Waals surface area (Å²) in [7, 11) is 3.55. The minimum absolute atomic E-state index is 0.00998. The zero-order chi connectivity index (χ0) is 17.3. The molecule has 5 heteroatoms. The number of ether oxygens (including phenoxy) is 1. The fourth-order valence-electron chi connectivity index (χ4n) is 2.91. The zero-order valence-corrected chi connectivity index (χ0v) is 14.5. The van der Waals surface area contributed by atoms with E-state index in [0.29, 0.717) is 18.8 Å². The van der Waals surface area contributed by atoms with Gasteiger partial charge in [-0.2, -0.15) is 0 Å². The molecule has 24 heavy (non-hydrogen) atoms. The number of aromatic nitrogens is 1. The van der Waals surface area contributed by atoms with Crippen LogP contribution in [0.25, 0.3) is 10.9 Å². The number of furan rings is 1. The first kappa shape index (κ1) is 16.2. The maximum atomic E-state index is 13.0. The summed E-state index contributed by atoms with van der Waals surface area (Å²) in [5, 5.41) is 0.991. The summed E-state index contributed by atoms with van der Waals surface area (Å²) in [5.41, 5.74) is 1.66. The molecular weight excluding hydrogens is 304 g/mol. The molecule has 1 amide bonds. The Morgan fingerprint density at radius 3 is 2.67 bits per heavy atom. The summed E-state index contributed by atoms with van der Waals surface area (Å²) < 4.78 is 12.8. The van der Waals surface area contributed by atoms with E-state index in [1.807, 2.05) is 61.9 Å². The maximum Gasteiger partial charge on any atom is 0.270 e. The van der Waals surface area contributed by atoms with Gasteiger partial charge in [-0.3, -0.25) is 4.79 Å². The quantitative estimate of drug-likeness (QED) is 0.717. The molecule has 2 aromatic heterocycles. The first-order chi connectivity index (χ1) is 11.5. The first-order valence-corrected chi connectivity index (χ1v) is 8.01. The highest BCUT2D eigenvalue weighted by molar-refractivity contribution is 5.99. The van der Waals surface area contributed by atoms with Crippen LogP contribution in [0.15, 0.2) is 40.8 Å². The van der Waals surface area contributed by atoms with Gasteiger partial charge in [-0.1, -0.05) is 0 Å². The third kappa shape index (κ3) is 2.89. The van der Waals surface area contributed by atoms with Crippen LogP contribution in [0, 0.1) is 6.92 Å². The Labute approximate surface area is 141 Å². The predicted octanol–water partition coefficient (Wildman–Crippen LogP) is 3.75. The molecule has 0 aliphatic carbocycles. The average Bonchev–Trinajstić information content (AvgIpc) is 3.15. The Hall–Kier alpha value is -2.69. The highest BCUT2D eigenvalue weighted by Gasteiger charge is 2.20. The van der Waals surface area contributed by atoms with Gasteiger partial charge >= 0.3 is 0 Å². The van der Waals surface area contributed by atoms with Crippen molar-refractivity contribution in [3.8, 4) is 5.75 Å². The highest BCUT2D eigenvalue weighted by Crippen LogP contribution is 2.25. The molecule has 0 saturated carbocycles. The van der Waals surface area contributed by atoms with Gasteiger partial charge in [0.1, 0.15) is 23.0 Å². The lowest BCUT2D eigenvalue weighted by Gasteiger charge is -2.20. The molecule has 0 aliphatic rings. The summed E-state index contributed by atoms with van der Waals surface area (Å²) in [4.78, 5) is 14.7. The van der Waals surface area contributed by atoms with E-state index in [0.717, 1.165) is 28.2 Å². The van der Waals surface area contributed by atoms with E-state index < -0.39 is 0 Å². The molecule has 0 unspecified atom stereocenters. The van der Waals surface area contributed by atoms with E-state index in [2.05, 4.69) is 0 Å². The number of methoxy groups -OCH3 is 1. The Morgan fingerprint density at radius 2 is 2.04 bits per heavy atom. The molecule has 3 aromatic rings. The Balaban J connectivity index is 1.92. The van der Waals surface area contributed by atoms with Crippen molar-refractivity contribution in [3.05, 3.63) is 53.6 Å². The number of nitrogens with zero attached hydrogens (tertiary/aromatic N) is 2. The maximum absolute atomic E-state index is 13.0. The average molecular weight is 326 g/mol. The summed E-state index contributed by atoms with van der Waals surface area (Å²) in [6.07, 6.45) is 0. The van der Waals surface area contributed by atoms with Crippen LogP contribution in [0.4, 0.5) is 0 Å². The molecule has 0 radical (unpaired) electrons. The number of benzene rings is 1. The van der Waals surface area contributed by atoms with Gasteiger partial charge < -0.3 is 18.6 Å². The van der Waals surface area contributed by atoms with E-state index in [9.17, 15) is 4.79 Å². The van der Waals surface area contributed by atoms with Crippen LogP contribution in [0.2, 0.25) is 0 Å². The van der Waals surface area contributed by atoms with Crippen LogP contribution >= 0.6 is 0 Å². The van der Waals surface area contributed by atoms with E-state index >= 15 is 0 Å². The summed E-state index contributed by atoms with van der Waals surface area (Å²) in [5.74, 6) is 2.42. The molecule has 1 aromatic carbocycles. The summed E-state index contributed by atoms with van der Waals surface area (Å²) in [6.45, 7) is 4.95. The minimum atomic E-state index is -0.00998. The van der Waals surface area contributed by atoms with Gasteiger partial charge in [0.2, 0.25) is 0 Å². The monoisotopic (exact) mass is 326 g/mol. The number of rotatable bonds is 5. The van der Waals surface area contributed by atoms with Crippen LogP contribution in [0.3, 0.4) is 0 Å². The number of hydrogen-bond donors (Lipinski definition) is 0. The number of amides is 1. The molecule has 5 nitrogen and oxygen atoms in total. The smallest absolute Gasteiger partial charge is 0.270 e. The number of carbonyl (C=O) groups is 1. The van der Waals surface area contributed by atoms with Gasteiger partial charge in [-0.05, 0) is 50.2 Å². The van der Waals surface area contributed by atoms with Crippen molar-refractivity contribution in [2.24, 2.45) is 7.05 Å². The Kier molecular flexibility index (Phi) is 4.34. The van der Waals surface area contributed by atoms with Crippen LogP contribution in [0.5, 0.6) is 5.75 Å². The van der Waals surface area contributed by atoms with Crippen molar-refractivity contribution in [1.29, 1.82) is 0 Å². The van der Waals surface area contributed by atoms with E-state index in [-0.39, 0.29) is 5.91 Å². The molecule has 0 N–H and O–H groups in total. The van der Waals surface area contributed by atoms with Crippen molar-refractivity contribution < 1.29 is 13.9 Å². The summed E-state index contributed by atoms with van der Waals surface area (Å²) >= 11 is 0. The van der Waals surface area contributed by atoms with Gasteiger partial charge in [0.15, 0.2) is 0 Å². The molecule has 0 atom stereocenters. The molecule has 0 aliphatic heterocycles. The molecule has 126 valence electrons. The lowest BCUT2D eigenvalue weighted by molar-refractivity contribution is 0.0731. The van der Waals surface area contributed by atoms with E-state index in [1.54, 1.807) is 12.0 Å².